The van der Waals surface area contributed by atoms with Crippen LogP contribution in [0.5, 0.6) is 11.5 Å². The molecule has 1 amide bonds. The number of halogens is 2. The maximum absolute atomic E-state index is 12.4. The highest BCUT2D eigenvalue weighted by atomic mass is 32.2. The predicted octanol–water partition coefficient (Wildman–Crippen LogP) is 4.13. The molecule has 1 aromatic heterocycles. The number of hydrogen-bond donors (Lipinski definition) is 1. The van der Waals surface area contributed by atoms with Crippen molar-refractivity contribution < 1.29 is 23.0 Å². The van der Waals surface area contributed by atoms with E-state index >= 15 is 0 Å². The molecule has 2 aromatic carbocycles. The van der Waals surface area contributed by atoms with Gasteiger partial charge in [0.2, 0.25) is 0 Å². The van der Waals surface area contributed by atoms with Crippen LogP contribution in [0.1, 0.15) is 15.9 Å². The van der Waals surface area contributed by atoms with Crippen LogP contribution in [-0.4, -0.2) is 35.4 Å². The largest absolute Gasteiger partial charge is 0.493 e. The van der Waals surface area contributed by atoms with E-state index in [0.29, 0.717) is 11.1 Å². The van der Waals surface area contributed by atoms with Gasteiger partial charge in [0.15, 0.2) is 16.7 Å². The van der Waals surface area contributed by atoms with E-state index in [2.05, 4.69) is 15.0 Å². The van der Waals surface area contributed by atoms with Crippen molar-refractivity contribution in [1.29, 1.82) is 0 Å². The van der Waals surface area contributed by atoms with Gasteiger partial charge in [-0.2, -0.15) is 8.78 Å². The number of ether oxygens (including phenoxy) is 2. The predicted molar refractivity (Wildman–Crippen MR) is 106 cm³/mol. The van der Waals surface area contributed by atoms with E-state index in [1.165, 1.54) is 24.9 Å². The van der Waals surface area contributed by atoms with Crippen molar-refractivity contribution in [3.05, 3.63) is 66.0 Å². The number of aromatic nitrogens is 2. The molecule has 0 aliphatic rings. The highest BCUT2D eigenvalue weighted by Crippen LogP contribution is 2.29. The Morgan fingerprint density at radius 2 is 1.97 bits per heavy atom. The van der Waals surface area contributed by atoms with E-state index in [4.69, 9.17) is 4.74 Å². The van der Waals surface area contributed by atoms with Crippen LogP contribution in [0.15, 0.2) is 60.0 Å². The van der Waals surface area contributed by atoms with Crippen LogP contribution in [0.2, 0.25) is 0 Å². The first-order valence-electron chi connectivity index (χ1n) is 8.59. The highest BCUT2D eigenvalue weighted by molar-refractivity contribution is 7.98. The molecule has 0 fully saturated rings. The Morgan fingerprint density at radius 1 is 1.21 bits per heavy atom. The van der Waals surface area contributed by atoms with Crippen LogP contribution in [0.3, 0.4) is 0 Å². The van der Waals surface area contributed by atoms with E-state index in [1.54, 1.807) is 30.5 Å². The van der Waals surface area contributed by atoms with E-state index in [-0.39, 0.29) is 24.0 Å². The molecular weight excluding hydrogens is 400 g/mol. The minimum Gasteiger partial charge on any atom is -0.493 e. The summed E-state index contributed by atoms with van der Waals surface area (Å²) in [4.78, 5) is 16.7. The Hall–Kier alpha value is -3.07. The second-order valence-electron chi connectivity index (χ2n) is 5.88. The van der Waals surface area contributed by atoms with Gasteiger partial charge in [0.25, 0.3) is 5.91 Å². The lowest BCUT2D eigenvalue weighted by molar-refractivity contribution is -0.0512. The molecule has 0 unspecified atom stereocenters. The second-order valence-corrected chi connectivity index (χ2v) is 6.65. The highest BCUT2D eigenvalue weighted by Gasteiger charge is 2.12. The Kier molecular flexibility index (Phi) is 6.71. The van der Waals surface area contributed by atoms with Gasteiger partial charge in [0.05, 0.1) is 7.11 Å². The number of hydrogen-bond acceptors (Lipinski definition) is 5. The van der Waals surface area contributed by atoms with Crippen LogP contribution in [0.25, 0.3) is 5.69 Å². The van der Waals surface area contributed by atoms with E-state index < -0.39 is 6.61 Å². The van der Waals surface area contributed by atoms with Gasteiger partial charge >= 0.3 is 6.61 Å². The summed E-state index contributed by atoms with van der Waals surface area (Å²) in [6, 6.07) is 11.7. The van der Waals surface area contributed by atoms with Crippen molar-refractivity contribution in [2.75, 3.05) is 13.4 Å². The number of nitrogens with zero attached hydrogens (tertiary/aromatic N) is 2. The SMILES string of the molecule is COc1cc(CNC(=O)c2ccc(-n3ccnc3SC)cc2)ccc1OC(F)F. The molecule has 0 radical (unpaired) electrons. The van der Waals surface area contributed by atoms with Gasteiger partial charge in [-0.3, -0.25) is 9.36 Å². The summed E-state index contributed by atoms with van der Waals surface area (Å²) in [6.07, 6.45) is 5.52. The van der Waals surface area contributed by atoms with Gasteiger partial charge < -0.3 is 14.8 Å². The van der Waals surface area contributed by atoms with Gasteiger partial charge in [-0.25, -0.2) is 4.98 Å². The minimum atomic E-state index is -2.94. The zero-order valence-electron chi connectivity index (χ0n) is 15.8. The molecular formula is C20H19F2N3O3S. The molecule has 3 aromatic rings. The van der Waals surface area contributed by atoms with E-state index in [0.717, 1.165) is 10.8 Å². The van der Waals surface area contributed by atoms with E-state index in [1.807, 2.05) is 29.2 Å². The number of alkyl halides is 2. The Bertz CT molecular complexity index is 977. The fourth-order valence-corrected chi connectivity index (χ4v) is 3.24. The number of methoxy groups -OCH3 is 1. The lowest BCUT2D eigenvalue weighted by atomic mass is 10.1. The van der Waals surface area contributed by atoms with Crippen LogP contribution in [0.4, 0.5) is 8.78 Å². The first-order chi connectivity index (χ1) is 14.0. The van der Waals surface area contributed by atoms with Crippen molar-refractivity contribution in [2.24, 2.45) is 0 Å². The maximum atomic E-state index is 12.4. The molecule has 29 heavy (non-hydrogen) atoms. The van der Waals surface area contributed by atoms with E-state index in [9.17, 15) is 13.6 Å². The molecule has 0 saturated heterocycles. The number of carbonyl (C=O) groups is 1. The fourth-order valence-electron chi connectivity index (χ4n) is 2.71. The molecule has 0 spiro atoms. The maximum Gasteiger partial charge on any atom is 0.387 e. The molecule has 152 valence electrons. The van der Waals surface area contributed by atoms with Crippen molar-refractivity contribution >= 4 is 17.7 Å². The van der Waals surface area contributed by atoms with Gasteiger partial charge in [-0.1, -0.05) is 17.8 Å². The van der Waals surface area contributed by atoms with Crippen LogP contribution in [-0.2, 0) is 6.54 Å². The number of thioether (sulfide) groups is 1. The van der Waals surface area contributed by atoms with Crippen molar-refractivity contribution in [2.45, 2.75) is 18.3 Å². The van der Waals surface area contributed by atoms with Crippen molar-refractivity contribution in [3.63, 3.8) is 0 Å². The lowest BCUT2D eigenvalue weighted by Crippen LogP contribution is -2.22. The molecule has 0 aliphatic carbocycles. The van der Waals surface area contributed by atoms with Crippen LogP contribution >= 0.6 is 11.8 Å². The fraction of sp³-hybridized carbons (Fsp3) is 0.200. The Labute approximate surface area is 170 Å². The van der Waals surface area contributed by atoms with Crippen molar-refractivity contribution in [3.8, 4) is 17.2 Å². The average Bonchev–Trinajstić information content (AvgIpc) is 3.21. The summed E-state index contributed by atoms with van der Waals surface area (Å²) in [5.41, 5.74) is 2.10. The zero-order chi connectivity index (χ0) is 20.8. The number of imidazole rings is 1. The van der Waals surface area contributed by atoms with Gasteiger partial charge in [-0.05, 0) is 48.2 Å². The molecule has 0 saturated carbocycles. The van der Waals surface area contributed by atoms with Crippen LogP contribution in [0, 0.1) is 0 Å². The average molecular weight is 419 g/mol. The lowest BCUT2D eigenvalue weighted by Gasteiger charge is -2.12. The standard InChI is InChI=1S/C20H19F2N3O3S/c1-27-17-11-13(3-8-16(17)28-19(21)22)12-24-18(26)14-4-6-15(7-5-14)25-10-9-23-20(25)29-2/h3-11,19H,12H2,1-2H3,(H,24,26). The van der Waals surface area contributed by atoms with Crippen molar-refractivity contribution in [1.82, 2.24) is 14.9 Å². The summed E-state index contributed by atoms with van der Waals surface area (Å²) < 4.78 is 36.2. The molecule has 3 rings (SSSR count). The third kappa shape index (κ3) is 5.05. The topological polar surface area (TPSA) is 65.4 Å². The molecule has 1 N–H and O–H groups in total. The minimum absolute atomic E-state index is 0.0581. The van der Waals surface area contributed by atoms with Gasteiger partial charge in [0.1, 0.15) is 0 Å². The summed E-state index contributed by atoms with van der Waals surface area (Å²) in [5.74, 6) is -0.136. The molecule has 1 heterocycles. The Morgan fingerprint density at radius 3 is 2.62 bits per heavy atom. The number of nitrogens with one attached hydrogen (secondary N) is 1. The summed E-state index contributed by atoms with van der Waals surface area (Å²) in [7, 11) is 1.36. The number of carbonyl (C=O) groups excluding carboxylic acids is 1. The summed E-state index contributed by atoms with van der Waals surface area (Å²) in [6.45, 7) is -2.73. The molecule has 0 bridgehead atoms. The van der Waals surface area contributed by atoms with Gasteiger partial charge in [-0.15, -0.1) is 0 Å². The zero-order valence-corrected chi connectivity index (χ0v) is 16.6. The molecule has 0 aliphatic heterocycles. The number of benzene rings is 2. The normalized spacial score (nSPS) is 10.8. The third-order valence-electron chi connectivity index (χ3n) is 4.09. The first kappa shape index (κ1) is 20.7. The Balaban J connectivity index is 1.65. The van der Waals surface area contributed by atoms with Crippen LogP contribution < -0.4 is 14.8 Å². The molecule has 0 atom stereocenters. The first-order valence-corrected chi connectivity index (χ1v) is 9.82. The monoisotopic (exact) mass is 419 g/mol. The number of amides is 1. The number of rotatable bonds is 8. The smallest absolute Gasteiger partial charge is 0.387 e. The summed E-state index contributed by atoms with van der Waals surface area (Å²) >= 11 is 1.53. The molecule has 6 nitrogen and oxygen atoms in total. The molecule has 9 heteroatoms. The summed E-state index contributed by atoms with van der Waals surface area (Å²) in [5, 5.41) is 3.65. The third-order valence-corrected chi connectivity index (χ3v) is 4.76. The second kappa shape index (κ2) is 9.42. The van der Waals surface area contributed by atoms with Gasteiger partial charge in [0, 0.05) is 30.2 Å². The quantitative estimate of drug-likeness (QED) is 0.556.